The molecule has 1 atom stereocenters. The van der Waals surface area contributed by atoms with E-state index in [9.17, 15) is 93.0 Å². The number of rotatable bonds is 24. The zero-order valence-electron chi connectivity index (χ0n) is 35.5. The molecule has 67 heavy (non-hydrogen) atoms. The largest absolute Gasteiger partial charge is 0.491 e. The van der Waals surface area contributed by atoms with Gasteiger partial charge >= 0.3 is 59.7 Å². The number of carbonyl (C=O) groups is 2. The van der Waals surface area contributed by atoms with E-state index in [0.29, 0.717) is 11.6 Å². The zero-order chi connectivity index (χ0) is 52.0. The summed E-state index contributed by atoms with van der Waals surface area (Å²) >= 11 is 0. The number of halogens is 19. The first-order valence-corrected chi connectivity index (χ1v) is 21.5. The highest BCUT2D eigenvalue weighted by Crippen LogP contribution is 2.64. The fraction of sp³-hybridized carbons (Fsp3) is 0.550. The normalized spacial score (nSPS) is 14.6. The topological polar surface area (TPSA) is 83.1 Å². The van der Waals surface area contributed by atoms with Gasteiger partial charge in [-0.05, 0) is 53.9 Å². The average molecular weight is 1020 g/mol. The molecule has 27 heteroatoms. The molecule has 2 aromatic rings. The molecule has 2 aromatic carbocycles. The molecule has 0 spiro atoms. The number of amides is 1. The van der Waals surface area contributed by atoms with Crippen LogP contribution in [0.25, 0.3) is 0 Å². The van der Waals surface area contributed by atoms with E-state index in [1.165, 1.54) is 65.0 Å². The molecule has 0 unspecified atom stereocenters. The van der Waals surface area contributed by atoms with Gasteiger partial charge in [-0.3, -0.25) is 5.32 Å². The van der Waals surface area contributed by atoms with Crippen molar-refractivity contribution in [3.05, 3.63) is 84.0 Å². The third-order valence-corrected chi connectivity index (χ3v) is 15.9. The van der Waals surface area contributed by atoms with Crippen LogP contribution in [0.5, 0.6) is 5.75 Å². The Morgan fingerprint density at radius 3 is 1.70 bits per heavy atom. The third kappa shape index (κ3) is 12.3. The summed E-state index contributed by atoms with van der Waals surface area (Å²) in [6.07, 6.45) is -10.7. The Labute approximate surface area is 370 Å². The van der Waals surface area contributed by atoms with Crippen molar-refractivity contribution in [2.75, 3.05) is 25.1 Å². The van der Waals surface area contributed by atoms with Crippen LogP contribution in [0, 0.1) is 11.6 Å². The number of hydrogen-bond acceptors (Lipinski definition) is 6. The molecule has 380 valence electrons. The van der Waals surface area contributed by atoms with Gasteiger partial charge in [0.1, 0.15) is 36.7 Å². The van der Waals surface area contributed by atoms with Crippen molar-refractivity contribution in [2.45, 2.75) is 118 Å². The van der Waals surface area contributed by atoms with Gasteiger partial charge in [0.15, 0.2) is 8.32 Å². The summed E-state index contributed by atoms with van der Waals surface area (Å²) in [7, 11) is -4.06. The molecule has 0 saturated carbocycles. The second-order valence-corrected chi connectivity index (χ2v) is 20.4. The summed E-state index contributed by atoms with van der Waals surface area (Å²) in [6, 6.07) is 6.15. The van der Waals surface area contributed by atoms with Crippen molar-refractivity contribution in [3.8, 4) is 5.75 Å². The lowest BCUT2D eigenvalue weighted by atomic mass is 9.88. The number of benzene rings is 2. The lowest BCUT2D eigenvalue weighted by Gasteiger charge is -2.44. The number of hydrogen-bond donors (Lipinski definition) is 1. The molecule has 0 heterocycles. The van der Waals surface area contributed by atoms with E-state index in [1.807, 2.05) is 0 Å². The molecule has 0 saturated heterocycles. The van der Waals surface area contributed by atoms with E-state index in [-0.39, 0.29) is 24.3 Å². The highest BCUT2D eigenvalue weighted by molar-refractivity contribution is 6.76. The van der Waals surface area contributed by atoms with Crippen molar-refractivity contribution in [2.24, 2.45) is 0 Å². The Balaban J connectivity index is 2.31. The first kappa shape index (κ1) is 58.4. The molecule has 0 radical (unpaired) electrons. The van der Waals surface area contributed by atoms with Gasteiger partial charge in [0.05, 0.1) is 12.3 Å². The van der Waals surface area contributed by atoms with Gasteiger partial charge in [-0.1, -0.05) is 58.1 Å². The van der Waals surface area contributed by atoms with Crippen LogP contribution in [0.2, 0.25) is 17.1 Å². The summed E-state index contributed by atoms with van der Waals surface area (Å²) in [4.78, 5) is 24.8. The molecular formula is C40H42F19NO6Si. The summed E-state index contributed by atoms with van der Waals surface area (Å²) in [5, 5.41) is 2.10. The monoisotopic (exact) mass is 1020 g/mol. The SMILES string of the molecule is C=CCOC(=O)/C=C(\C)C[C@H](OC(=O)Nc1ccc(F)cc1F)c1ccc(OCCO[Si](CCC(F)(F)C(F)(F)C(F)(F)C(F)(F)C(F)(F)C(F)(F)C(F)(F)C(F)(F)F)(C(C)C)C(C)C)cc1. The number of anilines is 1. The van der Waals surface area contributed by atoms with Crippen molar-refractivity contribution in [3.63, 3.8) is 0 Å². The molecule has 0 bridgehead atoms. The van der Waals surface area contributed by atoms with E-state index in [1.54, 1.807) is 0 Å². The van der Waals surface area contributed by atoms with E-state index >= 15 is 0 Å². The smallest absolute Gasteiger partial charge is 0.460 e. The average Bonchev–Trinajstić information content (AvgIpc) is 3.19. The molecule has 0 aliphatic heterocycles. The summed E-state index contributed by atoms with van der Waals surface area (Å²) < 4.78 is 285. The number of nitrogens with one attached hydrogen (secondary N) is 1. The summed E-state index contributed by atoms with van der Waals surface area (Å²) in [6.45, 7) is 8.80. The quantitative estimate of drug-likeness (QED) is 0.0282. The Morgan fingerprint density at radius 2 is 1.22 bits per heavy atom. The first-order chi connectivity index (χ1) is 30.3. The van der Waals surface area contributed by atoms with E-state index in [4.69, 9.17) is 18.6 Å². The zero-order valence-corrected chi connectivity index (χ0v) is 36.5. The maximum Gasteiger partial charge on any atom is 0.460 e. The van der Waals surface area contributed by atoms with Crippen molar-refractivity contribution < 1.29 is 112 Å². The van der Waals surface area contributed by atoms with Crippen molar-refractivity contribution in [1.82, 2.24) is 0 Å². The maximum absolute atomic E-state index is 15.0. The minimum absolute atomic E-state index is 0.0234. The highest BCUT2D eigenvalue weighted by Gasteiger charge is 2.95. The minimum Gasteiger partial charge on any atom is -0.491 e. The third-order valence-electron chi connectivity index (χ3n) is 10.2. The van der Waals surface area contributed by atoms with Gasteiger partial charge in [-0.15, -0.1) is 0 Å². The lowest BCUT2D eigenvalue weighted by molar-refractivity contribution is -0.461. The minimum atomic E-state index is -8.72. The molecule has 0 aromatic heterocycles. The van der Waals surface area contributed by atoms with Crippen molar-refractivity contribution >= 4 is 26.1 Å². The fourth-order valence-electron chi connectivity index (χ4n) is 6.35. The Hall–Kier alpha value is -4.69. The molecule has 1 N–H and O–H groups in total. The second kappa shape index (κ2) is 21.3. The number of esters is 1. The van der Waals surface area contributed by atoms with E-state index in [0.717, 1.165) is 18.2 Å². The second-order valence-electron chi connectivity index (χ2n) is 15.4. The van der Waals surface area contributed by atoms with Crippen LogP contribution in [-0.2, 0) is 18.7 Å². The van der Waals surface area contributed by atoms with Gasteiger partial charge in [-0.25, -0.2) is 18.4 Å². The molecule has 0 aliphatic rings. The van der Waals surface area contributed by atoms with Gasteiger partial charge < -0.3 is 18.6 Å². The van der Waals surface area contributed by atoms with Gasteiger partial charge in [0.25, 0.3) is 0 Å². The Bertz CT molecular complexity index is 2030. The molecule has 7 nitrogen and oxygen atoms in total. The van der Waals surface area contributed by atoms with E-state index < -0.39 is 128 Å². The maximum atomic E-state index is 15.0. The van der Waals surface area contributed by atoms with Gasteiger partial charge in [-0.2, -0.15) is 74.6 Å². The molecule has 2 rings (SSSR count). The van der Waals surface area contributed by atoms with Crippen LogP contribution in [0.15, 0.2) is 66.8 Å². The van der Waals surface area contributed by atoms with Crippen LogP contribution in [-0.4, -0.2) is 87.8 Å². The molecule has 1 amide bonds. The van der Waals surface area contributed by atoms with Gasteiger partial charge in [0, 0.05) is 25.0 Å². The first-order valence-electron chi connectivity index (χ1n) is 19.3. The predicted octanol–water partition coefficient (Wildman–Crippen LogP) is 13.9. The molecular weight excluding hydrogens is 979 g/mol. The van der Waals surface area contributed by atoms with Crippen molar-refractivity contribution in [1.29, 1.82) is 0 Å². The standard InChI is InChI=1S/C40H42F19NO6Si/c1-7-15-64-31(61)20-24(6)19-30(66-32(62)60-29-13-10-26(41)21-28(29)42)25-8-11-27(12-9-25)63-16-17-65-67(22(2)3,23(4)5)18-14-33(43,44)34(45,46)35(47,48)36(49,50)37(51,52)38(53,54)39(55,56)40(57,58)59/h7-13,20-23,30H,1,14-19H2,2-6H3,(H,60,62)/b24-20+/t30-/m0/s1. The summed E-state index contributed by atoms with van der Waals surface area (Å²) in [5.41, 5.74) is -1.77. The number of ether oxygens (including phenoxy) is 3. The van der Waals surface area contributed by atoms with Crippen LogP contribution in [0.3, 0.4) is 0 Å². The van der Waals surface area contributed by atoms with Crippen LogP contribution < -0.4 is 10.1 Å². The van der Waals surface area contributed by atoms with Crippen LogP contribution in [0.4, 0.5) is 93.9 Å². The number of alkyl halides is 17. The predicted molar refractivity (Wildman–Crippen MR) is 203 cm³/mol. The van der Waals surface area contributed by atoms with Gasteiger partial charge in [0.2, 0.25) is 0 Å². The van der Waals surface area contributed by atoms with Crippen LogP contribution >= 0.6 is 0 Å². The van der Waals surface area contributed by atoms with Crippen LogP contribution in [0.1, 0.15) is 59.1 Å². The lowest BCUT2D eigenvalue weighted by Crippen LogP contribution is -2.74. The Kier molecular flexibility index (Phi) is 18.6. The molecule has 0 aliphatic carbocycles. The highest BCUT2D eigenvalue weighted by atomic mass is 28.4. The fourth-order valence-corrected chi connectivity index (χ4v) is 10.8. The number of carbonyl (C=O) groups excluding carboxylic acids is 2. The molecule has 0 fully saturated rings. The van der Waals surface area contributed by atoms with E-state index in [2.05, 4.69) is 11.9 Å². The summed E-state index contributed by atoms with van der Waals surface area (Å²) in [5.74, 6) is -59.9. The Morgan fingerprint density at radius 1 is 0.716 bits per heavy atom.